The predicted octanol–water partition coefficient (Wildman–Crippen LogP) is 6.04. The number of benzene rings is 2. The van der Waals surface area contributed by atoms with E-state index in [1.54, 1.807) is 0 Å². The second kappa shape index (κ2) is 9.48. The highest BCUT2D eigenvalue weighted by Gasteiger charge is 2.24. The number of carbonyl (C=O) groups excluding carboxylic acids is 1. The summed E-state index contributed by atoms with van der Waals surface area (Å²) in [5.41, 5.74) is 4.77. The first kappa shape index (κ1) is 20.7. The fourth-order valence-corrected chi connectivity index (χ4v) is 4.89. The molecule has 1 saturated heterocycles. The van der Waals surface area contributed by atoms with Gasteiger partial charge in [0.25, 0.3) is 5.91 Å². The van der Waals surface area contributed by atoms with Gasteiger partial charge in [0.2, 0.25) is 0 Å². The van der Waals surface area contributed by atoms with Crippen LogP contribution in [-0.2, 0) is 13.0 Å². The van der Waals surface area contributed by atoms with Crippen LogP contribution in [0.3, 0.4) is 0 Å². The topological polar surface area (TPSA) is 29.5 Å². The second-order valence-corrected chi connectivity index (χ2v) is 9.21. The van der Waals surface area contributed by atoms with Crippen LogP contribution in [0.2, 0.25) is 0 Å². The van der Waals surface area contributed by atoms with E-state index in [0.29, 0.717) is 12.5 Å². The number of nitrogens with zero attached hydrogens (tertiary/aromatic N) is 1. The quantitative estimate of drug-likeness (QED) is 0.487. The molecule has 0 atom stereocenters. The fraction of sp³-hybridized carbons (Fsp3) is 0.346. The number of ether oxygens (including phenoxy) is 1. The lowest BCUT2D eigenvalue weighted by atomic mass is 9.90. The Kier molecular flexibility index (Phi) is 6.53. The van der Waals surface area contributed by atoms with Crippen molar-refractivity contribution < 1.29 is 9.53 Å². The van der Waals surface area contributed by atoms with Gasteiger partial charge in [-0.1, -0.05) is 42.5 Å². The summed E-state index contributed by atoms with van der Waals surface area (Å²) >= 11 is 1.53. The zero-order chi connectivity index (χ0) is 20.9. The molecule has 0 radical (unpaired) electrons. The van der Waals surface area contributed by atoms with E-state index in [2.05, 4.69) is 62.4 Å². The Morgan fingerprint density at radius 2 is 1.80 bits per heavy atom. The summed E-state index contributed by atoms with van der Waals surface area (Å²) in [6.45, 7) is 6.31. The SMILES string of the molecule is Cc1ccc(C)c(OCc2csc(C(=O)N3CCC(Cc4ccccc4)CC3)c2)c1. The van der Waals surface area contributed by atoms with Gasteiger partial charge in [0.15, 0.2) is 0 Å². The molecular formula is C26H29NO2S. The number of hydrogen-bond acceptors (Lipinski definition) is 3. The molecule has 3 aromatic rings. The summed E-state index contributed by atoms with van der Waals surface area (Å²) in [7, 11) is 0. The van der Waals surface area contributed by atoms with Crippen LogP contribution in [0, 0.1) is 19.8 Å². The highest BCUT2D eigenvalue weighted by atomic mass is 32.1. The molecule has 0 spiro atoms. The first-order valence-corrected chi connectivity index (χ1v) is 11.6. The Hall–Kier alpha value is -2.59. The minimum atomic E-state index is 0.163. The van der Waals surface area contributed by atoms with Crippen LogP contribution < -0.4 is 4.74 Å². The third-order valence-electron chi connectivity index (χ3n) is 5.87. The van der Waals surface area contributed by atoms with Crippen LogP contribution in [-0.4, -0.2) is 23.9 Å². The smallest absolute Gasteiger partial charge is 0.263 e. The molecule has 1 fully saturated rings. The lowest BCUT2D eigenvalue weighted by molar-refractivity contribution is 0.0695. The van der Waals surface area contributed by atoms with Gasteiger partial charge in [0, 0.05) is 18.7 Å². The number of carbonyl (C=O) groups is 1. The Morgan fingerprint density at radius 1 is 1.03 bits per heavy atom. The largest absolute Gasteiger partial charge is 0.489 e. The van der Waals surface area contributed by atoms with E-state index in [1.807, 2.05) is 16.3 Å². The molecule has 156 valence electrons. The monoisotopic (exact) mass is 419 g/mol. The standard InChI is InChI=1S/C26H29NO2S/c1-19-8-9-20(2)24(14-19)29-17-23-16-25(30-18-23)26(28)27-12-10-22(11-13-27)15-21-6-4-3-5-7-21/h3-9,14,16,18,22H,10-13,15,17H2,1-2H3. The molecule has 0 unspecified atom stereocenters. The molecule has 1 aromatic heterocycles. The van der Waals surface area contributed by atoms with Crippen molar-refractivity contribution in [3.8, 4) is 5.75 Å². The lowest BCUT2D eigenvalue weighted by Crippen LogP contribution is -2.38. The van der Waals surface area contributed by atoms with Crippen molar-refractivity contribution in [3.05, 3.63) is 87.1 Å². The zero-order valence-electron chi connectivity index (χ0n) is 17.8. The normalized spacial score (nSPS) is 14.7. The molecule has 1 amide bonds. The summed E-state index contributed by atoms with van der Waals surface area (Å²) in [6.07, 6.45) is 3.27. The van der Waals surface area contributed by atoms with Gasteiger partial charge in [-0.25, -0.2) is 0 Å². The Balaban J connectivity index is 1.29. The number of hydrogen-bond donors (Lipinski definition) is 0. The van der Waals surface area contributed by atoms with Gasteiger partial charge in [-0.2, -0.15) is 0 Å². The molecule has 0 saturated carbocycles. The first-order chi connectivity index (χ1) is 14.6. The van der Waals surface area contributed by atoms with Crippen LogP contribution in [0.1, 0.15) is 44.8 Å². The van der Waals surface area contributed by atoms with Gasteiger partial charge < -0.3 is 9.64 Å². The zero-order valence-corrected chi connectivity index (χ0v) is 18.6. The van der Waals surface area contributed by atoms with Gasteiger partial charge in [0.1, 0.15) is 12.4 Å². The van der Waals surface area contributed by atoms with E-state index >= 15 is 0 Å². The number of thiophene rings is 1. The van der Waals surface area contributed by atoms with Crippen molar-refractivity contribution in [2.75, 3.05) is 13.1 Å². The second-order valence-electron chi connectivity index (χ2n) is 8.30. The Labute approximate surface area is 183 Å². The summed E-state index contributed by atoms with van der Waals surface area (Å²) in [6, 6.07) is 18.9. The Bertz CT molecular complexity index is 987. The van der Waals surface area contributed by atoms with Gasteiger partial charge >= 0.3 is 0 Å². The number of aryl methyl sites for hydroxylation is 2. The molecule has 1 aliphatic rings. The first-order valence-electron chi connectivity index (χ1n) is 10.7. The average Bonchev–Trinajstić information content (AvgIpc) is 3.24. The minimum Gasteiger partial charge on any atom is -0.489 e. The number of rotatable bonds is 6. The molecule has 2 heterocycles. The third kappa shape index (κ3) is 5.11. The maximum Gasteiger partial charge on any atom is 0.263 e. The summed E-state index contributed by atoms with van der Waals surface area (Å²) in [4.78, 5) is 15.8. The van der Waals surface area contributed by atoms with Crippen LogP contribution in [0.25, 0.3) is 0 Å². The Morgan fingerprint density at radius 3 is 2.57 bits per heavy atom. The van der Waals surface area contributed by atoms with E-state index in [-0.39, 0.29) is 5.91 Å². The molecule has 0 bridgehead atoms. The van der Waals surface area contributed by atoms with Crippen LogP contribution >= 0.6 is 11.3 Å². The lowest BCUT2D eigenvalue weighted by Gasteiger charge is -2.31. The van der Waals surface area contributed by atoms with E-state index in [1.165, 1.54) is 22.5 Å². The van der Waals surface area contributed by atoms with Gasteiger partial charge in [-0.3, -0.25) is 4.79 Å². The molecule has 1 aliphatic heterocycles. The molecule has 4 heteroatoms. The number of piperidine rings is 1. The summed E-state index contributed by atoms with van der Waals surface area (Å²) in [5, 5.41) is 2.04. The molecule has 4 rings (SSSR count). The average molecular weight is 420 g/mol. The van der Waals surface area contributed by atoms with Crippen molar-refractivity contribution in [1.29, 1.82) is 0 Å². The van der Waals surface area contributed by atoms with Gasteiger partial charge in [-0.15, -0.1) is 11.3 Å². The van der Waals surface area contributed by atoms with Crippen LogP contribution in [0.5, 0.6) is 5.75 Å². The van der Waals surface area contributed by atoms with Crippen molar-refractivity contribution in [3.63, 3.8) is 0 Å². The highest BCUT2D eigenvalue weighted by Crippen LogP contribution is 2.26. The summed E-state index contributed by atoms with van der Waals surface area (Å²) < 4.78 is 5.99. The number of amides is 1. The minimum absolute atomic E-state index is 0.163. The van der Waals surface area contributed by atoms with E-state index < -0.39 is 0 Å². The fourth-order valence-electron chi connectivity index (χ4n) is 4.03. The van der Waals surface area contributed by atoms with Crippen molar-refractivity contribution >= 4 is 17.2 Å². The maximum atomic E-state index is 12.9. The van der Waals surface area contributed by atoms with Crippen molar-refractivity contribution in [2.45, 2.75) is 39.7 Å². The van der Waals surface area contributed by atoms with E-state index in [9.17, 15) is 4.79 Å². The molecular weight excluding hydrogens is 390 g/mol. The van der Waals surface area contributed by atoms with Gasteiger partial charge in [0.05, 0.1) is 4.88 Å². The predicted molar refractivity (Wildman–Crippen MR) is 123 cm³/mol. The molecule has 0 aliphatic carbocycles. The molecule has 3 nitrogen and oxygen atoms in total. The van der Waals surface area contributed by atoms with Crippen molar-refractivity contribution in [2.24, 2.45) is 5.92 Å². The summed E-state index contributed by atoms with van der Waals surface area (Å²) in [5.74, 6) is 1.74. The van der Waals surface area contributed by atoms with Gasteiger partial charge in [-0.05, 0) is 73.2 Å². The molecule has 0 N–H and O–H groups in total. The van der Waals surface area contributed by atoms with Crippen LogP contribution in [0.4, 0.5) is 0 Å². The number of likely N-dealkylation sites (tertiary alicyclic amines) is 1. The van der Waals surface area contributed by atoms with Crippen LogP contribution in [0.15, 0.2) is 60.0 Å². The van der Waals surface area contributed by atoms with E-state index in [4.69, 9.17) is 4.74 Å². The third-order valence-corrected chi connectivity index (χ3v) is 6.84. The molecule has 30 heavy (non-hydrogen) atoms. The maximum absolute atomic E-state index is 12.9. The van der Waals surface area contributed by atoms with Crippen molar-refractivity contribution in [1.82, 2.24) is 4.90 Å². The van der Waals surface area contributed by atoms with E-state index in [0.717, 1.165) is 54.1 Å². The molecule has 2 aromatic carbocycles. The highest BCUT2D eigenvalue weighted by molar-refractivity contribution is 7.12.